The highest BCUT2D eigenvalue weighted by molar-refractivity contribution is 9.10. The minimum Gasteiger partial charge on any atom is -0.304 e. The van der Waals surface area contributed by atoms with E-state index < -0.39 is 0 Å². The van der Waals surface area contributed by atoms with Crippen LogP contribution in [-0.4, -0.2) is 25.5 Å². The average Bonchev–Trinajstić information content (AvgIpc) is 3.24. The third-order valence-corrected chi connectivity index (χ3v) is 5.66. The third kappa shape index (κ3) is 5.24. The molecule has 4 rings (SSSR count). The molecule has 31 heavy (non-hydrogen) atoms. The molecule has 0 saturated heterocycles. The molecule has 0 aliphatic carbocycles. The van der Waals surface area contributed by atoms with E-state index in [0.717, 1.165) is 22.5 Å². The van der Waals surface area contributed by atoms with E-state index in [2.05, 4.69) is 31.4 Å². The van der Waals surface area contributed by atoms with Crippen molar-refractivity contribution < 1.29 is 4.79 Å². The number of rotatable bonds is 6. The van der Waals surface area contributed by atoms with Gasteiger partial charge in [-0.05, 0) is 71.2 Å². The molecule has 2 aromatic carbocycles. The van der Waals surface area contributed by atoms with E-state index in [-0.39, 0.29) is 5.91 Å². The Kier molecular flexibility index (Phi) is 6.25. The van der Waals surface area contributed by atoms with Gasteiger partial charge in [0.2, 0.25) is 0 Å². The number of hydrogen-bond acceptors (Lipinski definition) is 3. The van der Waals surface area contributed by atoms with Crippen LogP contribution in [0.1, 0.15) is 32.9 Å². The molecule has 6 nitrogen and oxygen atoms in total. The number of nitrogens with zero attached hydrogens (tertiary/aromatic N) is 4. The van der Waals surface area contributed by atoms with Gasteiger partial charge in [-0.1, -0.05) is 35.9 Å². The Hall–Kier alpha value is -2.90. The van der Waals surface area contributed by atoms with Crippen LogP contribution in [0.5, 0.6) is 0 Å². The number of aryl methyl sites for hydroxylation is 2. The summed E-state index contributed by atoms with van der Waals surface area (Å²) in [6, 6.07) is 17.2. The monoisotopic (exact) mass is 497 g/mol. The topological polar surface area (TPSA) is 64.7 Å². The van der Waals surface area contributed by atoms with Crippen molar-refractivity contribution in [2.75, 3.05) is 5.32 Å². The summed E-state index contributed by atoms with van der Waals surface area (Å²) in [5, 5.41) is 12.6. The van der Waals surface area contributed by atoms with Crippen molar-refractivity contribution in [2.24, 2.45) is 0 Å². The average molecular weight is 499 g/mol. The molecule has 2 aromatic heterocycles. The van der Waals surface area contributed by atoms with Gasteiger partial charge in [0, 0.05) is 22.5 Å². The molecule has 1 N–H and O–H groups in total. The zero-order valence-electron chi connectivity index (χ0n) is 17.1. The van der Waals surface area contributed by atoms with Crippen molar-refractivity contribution in [1.29, 1.82) is 0 Å². The molecule has 2 heterocycles. The van der Waals surface area contributed by atoms with E-state index in [1.807, 2.05) is 73.3 Å². The highest BCUT2D eigenvalue weighted by Gasteiger charge is 2.13. The Morgan fingerprint density at radius 1 is 1.03 bits per heavy atom. The van der Waals surface area contributed by atoms with Gasteiger partial charge < -0.3 is 5.32 Å². The lowest BCUT2D eigenvalue weighted by molar-refractivity contribution is 0.102. The van der Waals surface area contributed by atoms with Crippen LogP contribution in [0.2, 0.25) is 5.02 Å². The lowest BCUT2D eigenvalue weighted by Crippen LogP contribution is -2.14. The minimum absolute atomic E-state index is 0.215. The predicted octanol–water partition coefficient (Wildman–Crippen LogP) is 5.46. The molecule has 0 atom stereocenters. The number of nitrogens with one attached hydrogen (secondary N) is 1. The molecule has 0 unspecified atom stereocenters. The molecule has 0 saturated carbocycles. The van der Waals surface area contributed by atoms with E-state index >= 15 is 0 Å². The fourth-order valence-electron chi connectivity index (χ4n) is 3.34. The maximum absolute atomic E-state index is 12.8. The Morgan fingerprint density at radius 3 is 2.52 bits per heavy atom. The summed E-state index contributed by atoms with van der Waals surface area (Å²) in [7, 11) is 0. The highest BCUT2D eigenvalue weighted by Crippen LogP contribution is 2.22. The fourth-order valence-corrected chi connectivity index (χ4v) is 3.88. The van der Waals surface area contributed by atoms with Crippen LogP contribution in [0.25, 0.3) is 0 Å². The molecular formula is C23H21BrClN5O. The lowest BCUT2D eigenvalue weighted by Gasteiger charge is -2.08. The Morgan fingerprint density at radius 2 is 1.81 bits per heavy atom. The predicted molar refractivity (Wildman–Crippen MR) is 126 cm³/mol. The standard InChI is InChI=1S/C23H21BrClN5O/c1-15-10-16(2)30(27-15)13-18-4-3-5-19(11-18)23(31)26-22-21(24)14-29(28-22)12-17-6-8-20(25)9-7-17/h3-11,14H,12-13H2,1-2H3,(H,26,28,31). The highest BCUT2D eigenvalue weighted by atomic mass is 79.9. The number of hydrogen-bond donors (Lipinski definition) is 1. The number of carbonyl (C=O) groups is 1. The smallest absolute Gasteiger partial charge is 0.256 e. The normalized spacial score (nSPS) is 11.0. The number of carbonyl (C=O) groups excluding carboxylic acids is 1. The molecule has 1 amide bonds. The SMILES string of the molecule is Cc1cc(C)n(Cc2cccc(C(=O)Nc3nn(Cc4ccc(Cl)cc4)cc3Br)c2)n1. The Bertz CT molecular complexity index is 1230. The number of anilines is 1. The number of benzene rings is 2. The van der Waals surface area contributed by atoms with Gasteiger partial charge in [-0.3, -0.25) is 14.2 Å². The van der Waals surface area contributed by atoms with Crippen LogP contribution in [0.15, 0.2) is 65.3 Å². The first-order valence-electron chi connectivity index (χ1n) is 9.76. The third-order valence-electron chi connectivity index (χ3n) is 4.83. The van der Waals surface area contributed by atoms with Gasteiger partial charge in [0.1, 0.15) is 0 Å². The second-order valence-electron chi connectivity index (χ2n) is 7.39. The van der Waals surface area contributed by atoms with Crippen LogP contribution >= 0.6 is 27.5 Å². The first kappa shape index (κ1) is 21.3. The van der Waals surface area contributed by atoms with Crippen LogP contribution in [0, 0.1) is 13.8 Å². The van der Waals surface area contributed by atoms with E-state index in [0.29, 0.717) is 34.0 Å². The van der Waals surface area contributed by atoms with Crippen molar-refractivity contribution in [3.63, 3.8) is 0 Å². The van der Waals surface area contributed by atoms with Crippen LogP contribution < -0.4 is 5.32 Å². The van der Waals surface area contributed by atoms with Gasteiger partial charge in [0.15, 0.2) is 5.82 Å². The summed E-state index contributed by atoms with van der Waals surface area (Å²) < 4.78 is 4.41. The van der Waals surface area contributed by atoms with Gasteiger partial charge in [-0.25, -0.2) is 0 Å². The maximum Gasteiger partial charge on any atom is 0.256 e. The number of amides is 1. The van der Waals surface area contributed by atoms with E-state index in [1.165, 1.54) is 0 Å². The fraction of sp³-hybridized carbons (Fsp3) is 0.174. The molecule has 0 aliphatic heterocycles. The molecule has 4 aromatic rings. The van der Waals surface area contributed by atoms with Gasteiger partial charge in [0.25, 0.3) is 5.91 Å². The van der Waals surface area contributed by atoms with Crippen molar-refractivity contribution in [3.8, 4) is 0 Å². The summed E-state index contributed by atoms with van der Waals surface area (Å²) in [6.45, 7) is 5.18. The van der Waals surface area contributed by atoms with Gasteiger partial charge in [-0.15, -0.1) is 0 Å². The summed E-state index contributed by atoms with van der Waals surface area (Å²) >= 11 is 9.42. The van der Waals surface area contributed by atoms with Gasteiger partial charge in [0.05, 0.1) is 23.3 Å². The zero-order chi connectivity index (χ0) is 22.0. The van der Waals surface area contributed by atoms with E-state index in [9.17, 15) is 4.79 Å². The van der Waals surface area contributed by atoms with E-state index in [4.69, 9.17) is 11.6 Å². The number of aromatic nitrogens is 4. The quantitative estimate of drug-likeness (QED) is 0.384. The van der Waals surface area contributed by atoms with Crippen LogP contribution in [0.3, 0.4) is 0 Å². The molecular weight excluding hydrogens is 478 g/mol. The first-order valence-corrected chi connectivity index (χ1v) is 10.9. The molecule has 158 valence electrons. The summed E-state index contributed by atoms with van der Waals surface area (Å²) in [4.78, 5) is 12.8. The van der Waals surface area contributed by atoms with Crippen molar-refractivity contribution in [2.45, 2.75) is 26.9 Å². The van der Waals surface area contributed by atoms with Crippen molar-refractivity contribution in [1.82, 2.24) is 19.6 Å². The summed E-state index contributed by atoms with van der Waals surface area (Å²) in [5.41, 5.74) is 4.70. The molecule has 0 spiro atoms. The summed E-state index contributed by atoms with van der Waals surface area (Å²) in [6.07, 6.45) is 1.84. The lowest BCUT2D eigenvalue weighted by atomic mass is 10.1. The summed E-state index contributed by atoms with van der Waals surface area (Å²) in [5.74, 6) is 0.260. The Labute approximate surface area is 194 Å². The van der Waals surface area contributed by atoms with Crippen LogP contribution in [-0.2, 0) is 13.1 Å². The maximum atomic E-state index is 12.8. The van der Waals surface area contributed by atoms with Gasteiger partial charge in [-0.2, -0.15) is 10.2 Å². The molecule has 0 bridgehead atoms. The minimum atomic E-state index is -0.215. The van der Waals surface area contributed by atoms with Crippen molar-refractivity contribution >= 4 is 39.3 Å². The zero-order valence-corrected chi connectivity index (χ0v) is 19.5. The van der Waals surface area contributed by atoms with E-state index in [1.54, 1.807) is 10.7 Å². The Balaban J connectivity index is 1.46. The van der Waals surface area contributed by atoms with Crippen LogP contribution in [0.4, 0.5) is 5.82 Å². The molecule has 8 heteroatoms. The van der Waals surface area contributed by atoms with Crippen molar-refractivity contribution in [3.05, 3.63) is 98.4 Å². The van der Waals surface area contributed by atoms with Gasteiger partial charge >= 0.3 is 0 Å². The largest absolute Gasteiger partial charge is 0.304 e. The first-order chi connectivity index (χ1) is 14.9. The molecule has 0 fully saturated rings. The second-order valence-corrected chi connectivity index (χ2v) is 8.68. The molecule has 0 aliphatic rings. The molecule has 0 radical (unpaired) electrons. The number of halogens is 2. The second kappa shape index (κ2) is 9.08.